The van der Waals surface area contributed by atoms with Crippen LogP contribution in [0, 0.1) is 6.92 Å². The van der Waals surface area contributed by atoms with Gasteiger partial charge in [-0.2, -0.15) is 0 Å². The van der Waals surface area contributed by atoms with E-state index in [-0.39, 0.29) is 5.91 Å². The number of carbonyl (C=O) groups excluding carboxylic acids is 1. The number of amidine groups is 1. The molecular formula is C27H26N4O4S. The number of hydrogen-bond acceptors (Lipinski definition) is 8. The van der Waals surface area contributed by atoms with Crippen molar-refractivity contribution in [1.82, 2.24) is 10.3 Å². The molecule has 0 spiro atoms. The van der Waals surface area contributed by atoms with E-state index >= 15 is 0 Å². The lowest BCUT2D eigenvalue weighted by atomic mass is 10.1. The van der Waals surface area contributed by atoms with Crippen LogP contribution in [0.15, 0.2) is 70.8 Å². The number of fused-ring (bicyclic) bond motifs is 2. The Labute approximate surface area is 213 Å². The van der Waals surface area contributed by atoms with E-state index in [1.807, 2.05) is 30.3 Å². The van der Waals surface area contributed by atoms with Crippen molar-refractivity contribution in [2.24, 2.45) is 10.1 Å². The number of hydrogen-bond donors (Lipinski definition) is 1. The standard InChI is InChI=1S/C27H26N4O4S/c1-16-9-11-17(12-10-16)15-36-27-29-26(32)22-18-7-5-6-8-20(18)28-25(31(22)30-27)19-13-14-21(33-2)24(35-4)23(19)34-3/h5-14,25H,15H2,1-4H3,(H,29,30,32). The Balaban J connectivity index is 1.61. The SMILES string of the molecule is COc1ccc(C2N=c3ccccc3=C3C(=O)NC(SCc4ccc(C)cc4)=NN32)c(OC)c1OC. The summed E-state index contributed by atoms with van der Waals surface area (Å²) < 4.78 is 16.8. The lowest BCUT2D eigenvalue weighted by Gasteiger charge is -2.34. The summed E-state index contributed by atoms with van der Waals surface area (Å²) in [5, 5.41) is 11.4. The highest BCUT2D eigenvalue weighted by molar-refractivity contribution is 8.13. The normalized spacial score (nSPS) is 16.3. The van der Waals surface area contributed by atoms with Crippen molar-refractivity contribution in [2.75, 3.05) is 21.3 Å². The second-order valence-corrected chi connectivity index (χ2v) is 9.23. The second-order valence-electron chi connectivity index (χ2n) is 8.27. The van der Waals surface area contributed by atoms with Crippen molar-refractivity contribution >= 4 is 28.5 Å². The zero-order valence-corrected chi connectivity index (χ0v) is 21.3. The molecule has 2 heterocycles. The highest BCUT2D eigenvalue weighted by atomic mass is 32.2. The van der Waals surface area contributed by atoms with Gasteiger partial charge in [0.1, 0.15) is 5.70 Å². The summed E-state index contributed by atoms with van der Waals surface area (Å²) >= 11 is 1.46. The Kier molecular flexibility index (Phi) is 6.56. The predicted molar refractivity (Wildman–Crippen MR) is 139 cm³/mol. The molecule has 184 valence electrons. The molecule has 0 fully saturated rings. The van der Waals surface area contributed by atoms with E-state index < -0.39 is 6.17 Å². The van der Waals surface area contributed by atoms with Crippen LogP contribution in [0.5, 0.6) is 17.2 Å². The van der Waals surface area contributed by atoms with Gasteiger partial charge in [-0.25, -0.2) is 5.01 Å². The summed E-state index contributed by atoms with van der Waals surface area (Å²) in [6.07, 6.45) is -0.648. The summed E-state index contributed by atoms with van der Waals surface area (Å²) in [4.78, 5) is 18.4. The van der Waals surface area contributed by atoms with Gasteiger partial charge in [-0.1, -0.05) is 59.8 Å². The van der Waals surface area contributed by atoms with Crippen LogP contribution in [0.4, 0.5) is 0 Å². The summed E-state index contributed by atoms with van der Waals surface area (Å²) in [7, 11) is 4.69. The maximum Gasteiger partial charge on any atom is 0.276 e. The predicted octanol–water partition coefficient (Wildman–Crippen LogP) is 3.10. The molecule has 2 aliphatic heterocycles. The molecule has 3 aromatic carbocycles. The third-order valence-electron chi connectivity index (χ3n) is 6.02. The van der Waals surface area contributed by atoms with Gasteiger partial charge in [0.2, 0.25) is 5.75 Å². The van der Waals surface area contributed by atoms with Crippen LogP contribution in [0.2, 0.25) is 0 Å². The third-order valence-corrected chi connectivity index (χ3v) is 6.96. The highest BCUT2D eigenvalue weighted by Gasteiger charge is 2.36. The first-order valence-electron chi connectivity index (χ1n) is 11.4. The molecule has 0 radical (unpaired) electrons. The number of aryl methyl sites for hydroxylation is 1. The van der Waals surface area contributed by atoms with Crippen LogP contribution in [0.25, 0.3) is 5.70 Å². The largest absolute Gasteiger partial charge is 0.493 e. The van der Waals surface area contributed by atoms with Gasteiger partial charge >= 0.3 is 0 Å². The molecule has 2 aliphatic rings. The van der Waals surface area contributed by atoms with Crippen LogP contribution in [-0.2, 0) is 10.5 Å². The smallest absolute Gasteiger partial charge is 0.276 e. The molecule has 8 nitrogen and oxygen atoms in total. The van der Waals surface area contributed by atoms with E-state index in [1.54, 1.807) is 32.4 Å². The number of rotatable bonds is 6. The number of amides is 1. The van der Waals surface area contributed by atoms with Gasteiger partial charge in [-0.05, 0) is 30.7 Å². The number of nitrogens with one attached hydrogen (secondary N) is 1. The molecule has 1 amide bonds. The van der Waals surface area contributed by atoms with E-state index in [4.69, 9.17) is 24.3 Å². The van der Waals surface area contributed by atoms with E-state index in [1.165, 1.54) is 17.3 Å². The van der Waals surface area contributed by atoms with Crippen LogP contribution in [0.1, 0.15) is 22.9 Å². The topological polar surface area (TPSA) is 84.8 Å². The monoisotopic (exact) mass is 502 g/mol. The fourth-order valence-electron chi connectivity index (χ4n) is 4.26. The van der Waals surface area contributed by atoms with Gasteiger partial charge in [0, 0.05) is 16.5 Å². The Morgan fingerprint density at radius 1 is 0.944 bits per heavy atom. The van der Waals surface area contributed by atoms with Crippen LogP contribution >= 0.6 is 11.8 Å². The number of methoxy groups -OCH3 is 3. The van der Waals surface area contributed by atoms with Gasteiger partial charge in [0.05, 0.1) is 26.7 Å². The number of hydrazone groups is 1. The average Bonchev–Trinajstić information content (AvgIpc) is 2.91. The molecular weight excluding hydrogens is 476 g/mol. The van der Waals surface area contributed by atoms with Crippen molar-refractivity contribution in [2.45, 2.75) is 18.8 Å². The lowest BCUT2D eigenvalue weighted by molar-refractivity contribution is -0.116. The maximum atomic E-state index is 13.4. The molecule has 1 atom stereocenters. The van der Waals surface area contributed by atoms with E-state index in [0.717, 1.165) is 10.8 Å². The van der Waals surface area contributed by atoms with Crippen LogP contribution in [0.3, 0.4) is 0 Å². The number of carbonyl (C=O) groups is 1. The highest BCUT2D eigenvalue weighted by Crippen LogP contribution is 2.45. The number of nitrogens with zero attached hydrogens (tertiary/aromatic N) is 3. The molecule has 36 heavy (non-hydrogen) atoms. The second kappa shape index (κ2) is 9.94. The third kappa shape index (κ3) is 4.26. The zero-order valence-electron chi connectivity index (χ0n) is 20.4. The summed E-state index contributed by atoms with van der Waals surface area (Å²) in [6, 6.07) is 19.5. The zero-order chi connectivity index (χ0) is 25.2. The first kappa shape index (κ1) is 23.7. The Morgan fingerprint density at radius 3 is 2.42 bits per heavy atom. The summed E-state index contributed by atoms with van der Waals surface area (Å²) in [5.41, 5.74) is 3.47. The molecule has 5 rings (SSSR count). The van der Waals surface area contributed by atoms with Crippen molar-refractivity contribution < 1.29 is 19.0 Å². The van der Waals surface area contributed by atoms with E-state index in [2.05, 4.69) is 36.5 Å². The Morgan fingerprint density at radius 2 is 1.69 bits per heavy atom. The molecule has 1 N–H and O–H groups in total. The van der Waals surface area contributed by atoms with E-state index in [9.17, 15) is 4.79 Å². The summed E-state index contributed by atoms with van der Waals surface area (Å²) in [6.45, 7) is 2.06. The molecule has 0 saturated heterocycles. The van der Waals surface area contributed by atoms with Crippen LogP contribution < -0.4 is 30.1 Å². The van der Waals surface area contributed by atoms with Crippen molar-refractivity contribution in [3.8, 4) is 17.2 Å². The van der Waals surface area contributed by atoms with Crippen molar-refractivity contribution in [1.29, 1.82) is 0 Å². The fourth-order valence-corrected chi connectivity index (χ4v) is 5.07. The minimum absolute atomic E-state index is 0.233. The van der Waals surface area contributed by atoms with Crippen molar-refractivity contribution in [3.05, 3.63) is 87.9 Å². The number of thioether (sulfide) groups is 1. The van der Waals surface area contributed by atoms with Crippen LogP contribution in [-0.4, -0.2) is 37.4 Å². The first-order chi connectivity index (χ1) is 17.5. The molecule has 3 aromatic rings. The molecule has 0 aliphatic carbocycles. The molecule has 1 unspecified atom stereocenters. The lowest BCUT2D eigenvalue weighted by Crippen LogP contribution is -2.50. The van der Waals surface area contributed by atoms with E-state index in [0.29, 0.717) is 44.8 Å². The quantitative estimate of drug-likeness (QED) is 0.558. The average molecular weight is 503 g/mol. The molecule has 0 aromatic heterocycles. The van der Waals surface area contributed by atoms with Gasteiger partial charge in [-0.3, -0.25) is 15.1 Å². The maximum absolute atomic E-state index is 13.4. The Hall–Kier alpha value is -3.98. The Bertz CT molecular complexity index is 1470. The number of ether oxygens (including phenoxy) is 3. The van der Waals surface area contributed by atoms with Gasteiger partial charge in [0.15, 0.2) is 22.8 Å². The number of para-hydroxylation sites is 1. The van der Waals surface area contributed by atoms with Gasteiger partial charge in [-0.15, -0.1) is 5.10 Å². The molecule has 0 bridgehead atoms. The molecule has 9 heteroatoms. The fraction of sp³-hybridized carbons (Fsp3) is 0.222. The number of benzene rings is 3. The minimum atomic E-state index is -0.648. The summed E-state index contributed by atoms with van der Waals surface area (Å²) in [5.74, 6) is 1.89. The van der Waals surface area contributed by atoms with Gasteiger partial charge in [0.25, 0.3) is 5.91 Å². The van der Waals surface area contributed by atoms with Gasteiger partial charge < -0.3 is 14.2 Å². The molecule has 0 saturated carbocycles. The van der Waals surface area contributed by atoms with Crippen molar-refractivity contribution in [3.63, 3.8) is 0 Å². The first-order valence-corrected chi connectivity index (χ1v) is 12.4. The minimum Gasteiger partial charge on any atom is -0.493 e.